The molecular formula is C14H15ClN2O2. The van der Waals surface area contributed by atoms with Gasteiger partial charge in [-0.2, -0.15) is 0 Å². The van der Waals surface area contributed by atoms with Crippen molar-refractivity contribution in [2.75, 3.05) is 7.11 Å². The van der Waals surface area contributed by atoms with Crippen LogP contribution in [0.2, 0.25) is 0 Å². The van der Waals surface area contributed by atoms with Gasteiger partial charge in [0.25, 0.3) is 0 Å². The van der Waals surface area contributed by atoms with Crippen LogP contribution in [-0.4, -0.2) is 17.9 Å². The number of nitrogens with zero attached hydrogens (tertiary/aromatic N) is 1. The quantitative estimate of drug-likeness (QED) is 0.872. The summed E-state index contributed by atoms with van der Waals surface area (Å²) in [6.45, 7) is 0. The number of benzene rings is 1. The second-order valence-electron chi connectivity index (χ2n) is 3.83. The van der Waals surface area contributed by atoms with Crippen LogP contribution in [0.15, 0.2) is 48.8 Å². The molecule has 19 heavy (non-hydrogen) atoms. The van der Waals surface area contributed by atoms with Crippen molar-refractivity contribution in [2.24, 2.45) is 5.73 Å². The molecule has 0 saturated carbocycles. The summed E-state index contributed by atoms with van der Waals surface area (Å²) in [5.41, 5.74) is 7.22. The first-order valence-corrected chi connectivity index (χ1v) is 5.56. The normalized spacial score (nSPS) is 11.3. The molecule has 1 heterocycles. The first kappa shape index (κ1) is 15.1. The van der Waals surface area contributed by atoms with E-state index in [-0.39, 0.29) is 18.2 Å². The highest BCUT2D eigenvalue weighted by molar-refractivity contribution is 6.00. The van der Waals surface area contributed by atoms with Gasteiger partial charge in [0.2, 0.25) is 0 Å². The Labute approximate surface area is 118 Å². The van der Waals surface area contributed by atoms with E-state index in [1.54, 1.807) is 30.6 Å². The SMILES string of the molecule is COc1cnccc1C(N)C(=O)c1ccccc1.Cl. The fourth-order valence-electron chi connectivity index (χ4n) is 1.74. The molecule has 5 heteroatoms. The summed E-state index contributed by atoms with van der Waals surface area (Å²) in [6, 6.07) is 9.92. The van der Waals surface area contributed by atoms with Crippen LogP contribution in [0.4, 0.5) is 0 Å². The Hall–Kier alpha value is -1.91. The summed E-state index contributed by atoms with van der Waals surface area (Å²) in [5, 5.41) is 0. The molecule has 1 unspecified atom stereocenters. The van der Waals surface area contributed by atoms with E-state index in [9.17, 15) is 4.79 Å². The Morgan fingerprint density at radius 1 is 1.26 bits per heavy atom. The Morgan fingerprint density at radius 3 is 2.58 bits per heavy atom. The number of hydrogen-bond acceptors (Lipinski definition) is 4. The van der Waals surface area contributed by atoms with Crippen LogP contribution in [0.1, 0.15) is 22.0 Å². The number of nitrogens with two attached hydrogens (primary N) is 1. The minimum absolute atomic E-state index is 0. The van der Waals surface area contributed by atoms with Crippen molar-refractivity contribution in [1.82, 2.24) is 4.98 Å². The zero-order valence-corrected chi connectivity index (χ0v) is 11.3. The van der Waals surface area contributed by atoms with E-state index in [1.165, 1.54) is 7.11 Å². The molecule has 1 aromatic heterocycles. The predicted molar refractivity (Wildman–Crippen MR) is 75.7 cm³/mol. The number of ketones is 1. The average Bonchev–Trinajstić information content (AvgIpc) is 2.46. The molecule has 4 nitrogen and oxygen atoms in total. The number of rotatable bonds is 4. The fraction of sp³-hybridized carbons (Fsp3) is 0.143. The molecule has 1 atom stereocenters. The average molecular weight is 279 g/mol. The molecule has 0 spiro atoms. The lowest BCUT2D eigenvalue weighted by atomic mass is 9.98. The zero-order valence-electron chi connectivity index (χ0n) is 10.4. The molecule has 2 rings (SSSR count). The van der Waals surface area contributed by atoms with E-state index >= 15 is 0 Å². The molecule has 0 fully saturated rings. The summed E-state index contributed by atoms with van der Waals surface area (Å²) in [4.78, 5) is 16.2. The number of aromatic nitrogens is 1. The minimum atomic E-state index is -0.745. The summed E-state index contributed by atoms with van der Waals surface area (Å²) in [5.74, 6) is 0.384. The fourth-order valence-corrected chi connectivity index (χ4v) is 1.74. The molecule has 0 aliphatic rings. The maximum atomic E-state index is 12.2. The van der Waals surface area contributed by atoms with E-state index in [4.69, 9.17) is 10.5 Å². The van der Waals surface area contributed by atoms with E-state index < -0.39 is 6.04 Å². The third-order valence-corrected chi connectivity index (χ3v) is 2.71. The largest absolute Gasteiger partial charge is 0.495 e. The van der Waals surface area contributed by atoms with Gasteiger partial charge in [-0.25, -0.2) is 0 Å². The highest BCUT2D eigenvalue weighted by atomic mass is 35.5. The summed E-state index contributed by atoms with van der Waals surface area (Å²) >= 11 is 0. The van der Waals surface area contributed by atoms with Gasteiger partial charge in [-0.1, -0.05) is 30.3 Å². The molecule has 0 bridgehead atoms. The lowest BCUT2D eigenvalue weighted by molar-refractivity contribution is 0.0960. The van der Waals surface area contributed by atoms with Crippen LogP contribution in [-0.2, 0) is 0 Å². The van der Waals surface area contributed by atoms with Crippen LogP contribution in [0.5, 0.6) is 5.75 Å². The first-order chi connectivity index (χ1) is 8.74. The van der Waals surface area contributed by atoms with Crippen molar-refractivity contribution < 1.29 is 9.53 Å². The number of hydrogen-bond donors (Lipinski definition) is 1. The number of ether oxygens (including phenoxy) is 1. The summed E-state index contributed by atoms with van der Waals surface area (Å²) in [7, 11) is 1.53. The van der Waals surface area contributed by atoms with Gasteiger partial charge in [0.1, 0.15) is 5.75 Å². The summed E-state index contributed by atoms with van der Waals surface area (Å²) in [6.07, 6.45) is 3.14. The van der Waals surface area contributed by atoms with Gasteiger partial charge >= 0.3 is 0 Å². The minimum Gasteiger partial charge on any atom is -0.495 e. The van der Waals surface area contributed by atoms with Crippen LogP contribution in [0.3, 0.4) is 0 Å². The van der Waals surface area contributed by atoms with Crippen molar-refractivity contribution in [3.8, 4) is 5.75 Å². The lowest BCUT2D eigenvalue weighted by Gasteiger charge is -2.14. The molecule has 0 aliphatic heterocycles. The molecule has 0 amide bonds. The van der Waals surface area contributed by atoms with Crippen LogP contribution in [0, 0.1) is 0 Å². The number of halogens is 1. The Kier molecular flexibility index (Phi) is 5.48. The highest BCUT2D eigenvalue weighted by Gasteiger charge is 2.20. The second kappa shape index (κ2) is 6.87. The van der Waals surface area contributed by atoms with Gasteiger partial charge in [0.15, 0.2) is 5.78 Å². The molecule has 0 radical (unpaired) electrons. The summed E-state index contributed by atoms with van der Waals surface area (Å²) < 4.78 is 5.16. The second-order valence-corrected chi connectivity index (χ2v) is 3.83. The maximum absolute atomic E-state index is 12.2. The van der Waals surface area contributed by atoms with Gasteiger partial charge in [-0.3, -0.25) is 9.78 Å². The van der Waals surface area contributed by atoms with Crippen LogP contribution < -0.4 is 10.5 Å². The van der Waals surface area contributed by atoms with Crippen molar-refractivity contribution >= 4 is 18.2 Å². The van der Waals surface area contributed by atoms with Crippen LogP contribution in [0.25, 0.3) is 0 Å². The zero-order chi connectivity index (χ0) is 13.0. The number of Topliss-reactive ketones (excluding diaryl/α,β-unsaturated/α-hetero) is 1. The Bertz CT molecular complexity index is 546. The predicted octanol–water partition coefficient (Wildman–Crippen LogP) is 2.39. The van der Waals surface area contributed by atoms with Crippen molar-refractivity contribution in [3.63, 3.8) is 0 Å². The number of carbonyl (C=O) groups is 1. The molecule has 100 valence electrons. The van der Waals surface area contributed by atoms with Gasteiger partial charge in [-0.15, -0.1) is 12.4 Å². The van der Waals surface area contributed by atoms with Crippen molar-refractivity contribution in [1.29, 1.82) is 0 Å². The van der Waals surface area contributed by atoms with Gasteiger partial charge in [0.05, 0.1) is 19.3 Å². The third-order valence-electron chi connectivity index (χ3n) is 2.71. The van der Waals surface area contributed by atoms with Crippen molar-refractivity contribution in [3.05, 3.63) is 59.9 Å². The topological polar surface area (TPSA) is 65.2 Å². The third kappa shape index (κ3) is 3.30. The molecule has 0 aliphatic carbocycles. The molecule has 2 aromatic rings. The lowest BCUT2D eigenvalue weighted by Crippen LogP contribution is -2.22. The van der Waals surface area contributed by atoms with E-state index in [0.717, 1.165) is 0 Å². The van der Waals surface area contributed by atoms with Gasteiger partial charge in [-0.05, 0) is 6.07 Å². The van der Waals surface area contributed by atoms with Crippen LogP contribution >= 0.6 is 12.4 Å². The maximum Gasteiger partial charge on any atom is 0.184 e. The molecule has 2 N–H and O–H groups in total. The highest BCUT2D eigenvalue weighted by Crippen LogP contribution is 2.24. The monoisotopic (exact) mass is 278 g/mol. The van der Waals surface area contributed by atoms with Gasteiger partial charge in [0, 0.05) is 17.3 Å². The Morgan fingerprint density at radius 2 is 1.95 bits per heavy atom. The van der Waals surface area contributed by atoms with E-state index in [0.29, 0.717) is 16.9 Å². The smallest absolute Gasteiger partial charge is 0.184 e. The molecular weight excluding hydrogens is 264 g/mol. The Balaban J connectivity index is 0.00000180. The first-order valence-electron chi connectivity index (χ1n) is 5.56. The molecule has 1 aromatic carbocycles. The standard InChI is InChI=1S/C14H14N2O2.ClH/c1-18-12-9-16-8-7-11(12)13(15)14(17)10-5-3-2-4-6-10;/h2-9,13H,15H2,1H3;1H. The molecule has 0 saturated heterocycles. The number of carbonyl (C=O) groups excluding carboxylic acids is 1. The van der Waals surface area contributed by atoms with Gasteiger partial charge < -0.3 is 10.5 Å². The van der Waals surface area contributed by atoms with E-state index in [2.05, 4.69) is 4.98 Å². The van der Waals surface area contributed by atoms with E-state index in [1.807, 2.05) is 18.2 Å². The van der Waals surface area contributed by atoms with Crippen molar-refractivity contribution in [2.45, 2.75) is 6.04 Å². The number of methoxy groups -OCH3 is 1. The number of pyridine rings is 1.